The smallest absolute Gasteiger partial charge is 0.220 e. The zero-order chi connectivity index (χ0) is 12.1. The first-order valence-corrected chi connectivity index (χ1v) is 7.26. The Morgan fingerprint density at radius 3 is 2.71 bits per heavy atom. The standard InChI is InChI=1S/C14H26N2O/c1-11(13-7-8-15-10-13)16-14(17)9-12-5-3-2-4-6-12/h11-13,15H,2-10H2,1H3,(H,16,17). The zero-order valence-electron chi connectivity index (χ0n) is 11.0. The van der Waals surface area contributed by atoms with Crippen LogP contribution in [0, 0.1) is 11.8 Å². The lowest BCUT2D eigenvalue weighted by Gasteiger charge is -2.24. The quantitative estimate of drug-likeness (QED) is 0.787. The molecule has 1 aliphatic heterocycles. The number of rotatable bonds is 4. The molecule has 2 N–H and O–H groups in total. The van der Waals surface area contributed by atoms with E-state index in [1.807, 2.05) is 0 Å². The molecule has 1 aliphatic carbocycles. The van der Waals surface area contributed by atoms with Crippen LogP contribution in [0.25, 0.3) is 0 Å². The van der Waals surface area contributed by atoms with Crippen molar-refractivity contribution in [2.24, 2.45) is 11.8 Å². The summed E-state index contributed by atoms with van der Waals surface area (Å²) in [5.41, 5.74) is 0. The van der Waals surface area contributed by atoms with E-state index in [9.17, 15) is 4.79 Å². The lowest BCUT2D eigenvalue weighted by molar-refractivity contribution is -0.123. The first-order chi connectivity index (χ1) is 8.25. The van der Waals surface area contributed by atoms with Gasteiger partial charge < -0.3 is 10.6 Å². The van der Waals surface area contributed by atoms with E-state index in [2.05, 4.69) is 17.6 Å². The predicted octanol–water partition coefficient (Wildman–Crippen LogP) is 2.07. The molecule has 0 aromatic carbocycles. The highest BCUT2D eigenvalue weighted by Crippen LogP contribution is 2.26. The van der Waals surface area contributed by atoms with Crippen molar-refractivity contribution >= 4 is 5.91 Å². The van der Waals surface area contributed by atoms with Crippen molar-refractivity contribution in [3.8, 4) is 0 Å². The maximum absolute atomic E-state index is 11.9. The van der Waals surface area contributed by atoms with Crippen LogP contribution in [0.4, 0.5) is 0 Å². The Labute approximate surface area is 105 Å². The molecule has 2 atom stereocenters. The van der Waals surface area contributed by atoms with Crippen molar-refractivity contribution in [3.63, 3.8) is 0 Å². The van der Waals surface area contributed by atoms with Gasteiger partial charge in [0.15, 0.2) is 0 Å². The summed E-state index contributed by atoms with van der Waals surface area (Å²) < 4.78 is 0. The summed E-state index contributed by atoms with van der Waals surface area (Å²) in [4.78, 5) is 11.9. The second-order valence-electron chi connectivity index (χ2n) is 5.82. The molecule has 1 heterocycles. The van der Waals surface area contributed by atoms with E-state index in [1.54, 1.807) is 0 Å². The molecule has 0 bridgehead atoms. The molecule has 3 nitrogen and oxygen atoms in total. The zero-order valence-corrected chi connectivity index (χ0v) is 11.0. The number of hydrogen-bond donors (Lipinski definition) is 2. The molecule has 17 heavy (non-hydrogen) atoms. The molecule has 2 unspecified atom stereocenters. The molecule has 1 amide bonds. The van der Waals surface area contributed by atoms with Gasteiger partial charge in [0.1, 0.15) is 0 Å². The molecule has 98 valence electrons. The number of carbonyl (C=O) groups is 1. The Bertz CT molecular complexity index is 243. The third-order valence-electron chi connectivity index (χ3n) is 4.39. The van der Waals surface area contributed by atoms with Gasteiger partial charge in [-0.25, -0.2) is 0 Å². The van der Waals surface area contributed by atoms with Crippen LogP contribution >= 0.6 is 0 Å². The van der Waals surface area contributed by atoms with Gasteiger partial charge >= 0.3 is 0 Å². The van der Waals surface area contributed by atoms with Crippen molar-refractivity contribution in [1.29, 1.82) is 0 Å². The van der Waals surface area contributed by atoms with Gasteiger partial charge in [-0.3, -0.25) is 4.79 Å². The van der Waals surface area contributed by atoms with Crippen molar-refractivity contribution in [2.45, 2.75) is 57.9 Å². The molecule has 1 saturated carbocycles. The first kappa shape index (κ1) is 12.9. The Kier molecular flexibility index (Phi) is 4.84. The van der Waals surface area contributed by atoms with Crippen LogP contribution in [0.15, 0.2) is 0 Å². The number of carbonyl (C=O) groups excluding carboxylic acids is 1. The Morgan fingerprint density at radius 1 is 1.29 bits per heavy atom. The maximum Gasteiger partial charge on any atom is 0.220 e. The van der Waals surface area contributed by atoms with Crippen LogP contribution in [0.2, 0.25) is 0 Å². The lowest BCUT2D eigenvalue weighted by atomic mass is 9.86. The molecule has 2 aliphatic rings. The number of hydrogen-bond acceptors (Lipinski definition) is 2. The molecule has 0 aromatic rings. The largest absolute Gasteiger partial charge is 0.353 e. The Balaban J connectivity index is 1.68. The highest BCUT2D eigenvalue weighted by molar-refractivity contribution is 5.76. The van der Waals surface area contributed by atoms with Crippen LogP contribution in [0.3, 0.4) is 0 Å². The van der Waals surface area contributed by atoms with E-state index in [-0.39, 0.29) is 5.91 Å². The average molecular weight is 238 g/mol. The topological polar surface area (TPSA) is 41.1 Å². The summed E-state index contributed by atoms with van der Waals surface area (Å²) in [5.74, 6) is 1.55. The van der Waals surface area contributed by atoms with E-state index in [0.29, 0.717) is 17.9 Å². The van der Waals surface area contributed by atoms with Crippen molar-refractivity contribution in [3.05, 3.63) is 0 Å². The summed E-state index contributed by atoms with van der Waals surface area (Å²) in [6, 6.07) is 0.334. The van der Waals surface area contributed by atoms with Crippen LogP contribution < -0.4 is 10.6 Å². The minimum atomic E-state index is 0.274. The van der Waals surface area contributed by atoms with Crippen molar-refractivity contribution in [2.75, 3.05) is 13.1 Å². The molecule has 0 aromatic heterocycles. The minimum Gasteiger partial charge on any atom is -0.353 e. The fourth-order valence-electron chi connectivity index (χ4n) is 3.19. The summed E-state index contributed by atoms with van der Waals surface area (Å²) in [6.07, 6.45) is 8.47. The Hall–Kier alpha value is -0.570. The monoisotopic (exact) mass is 238 g/mol. The lowest BCUT2D eigenvalue weighted by Crippen LogP contribution is -2.39. The van der Waals surface area contributed by atoms with E-state index in [1.165, 1.54) is 38.5 Å². The van der Waals surface area contributed by atoms with Gasteiger partial charge in [0.2, 0.25) is 5.91 Å². The molecule has 2 rings (SSSR count). The van der Waals surface area contributed by atoms with Crippen LogP contribution in [-0.2, 0) is 4.79 Å². The number of amides is 1. The highest BCUT2D eigenvalue weighted by atomic mass is 16.1. The minimum absolute atomic E-state index is 0.274. The fourth-order valence-corrected chi connectivity index (χ4v) is 3.19. The summed E-state index contributed by atoms with van der Waals surface area (Å²) in [7, 11) is 0. The van der Waals surface area contributed by atoms with E-state index >= 15 is 0 Å². The maximum atomic E-state index is 11.9. The average Bonchev–Trinajstić information content (AvgIpc) is 2.83. The van der Waals surface area contributed by atoms with Gasteiger partial charge in [-0.2, -0.15) is 0 Å². The molecule has 3 heteroatoms. The predicted molar refractivity (Wildman–Crippen MR) is 69.8 cm³/mol. The summed E-state index contributed by atoms with van der Waals surface area (Å²) >= 11 is 0. The fraction of sp³-hybridized carbons (Fsp3) is 0.929. The van der Waals surface area contributed by atoms with Crippen LogP contribution in [0.5, 0.6) is 0 Å². The van der Waals surface area contributed by atoms with Crippen molar-refractivity contribution in [1.82, 2.24) is 10.6 Å². The summed E-state index contributed by atoms with van der Waals surface area (Å²) in [6.45, 7) is 4.31. The third kappa shape index (κ3) is 3.98. The SMILES string of the molecule is CC(NC(=O)CC1CCCCC1)C1CCNC1. The van der Waals surface area contributed by atoms with Gasteiger partial charge in [0.05, 0.1) is 0 Å². The summed E-state index contributed by atoms with van der Waals surface area (Å²) in [5, 5.41) is 6.55. The van der Waals surface area contributed by atoms with Gasteiger partial charge in [0, 0.05) is 12.5 Å². The van der Waals surface area contributed by atoms with Crippen LogP contribution in [-0.4, -0.2) is 25.0 Å². The molecule has 0 radical (unpaired) electrons. The molecule has 0 spiro atoms. The van der Waals surface area contributed by atoms with Gasteiger partial charge in [-0.15, -0.1) is 0 Å². The second kappa shape index (κ2) is 6.39. The highest BCUT2D eigenvalue weighted by Gasteiger charge is 2.24. The second-order valence-corrected chi connectivity index (χ2v) is 5.82. The van der Waals surface area contributed by atoms with Crippen molar-refractivity contribution < 1.29 is 4.79 Å². The van der Waals surface area contributed by atoms with Gasteiger partial charge in [-0.05, 0) is 51.1 Å². The molecular formula is C14H26N2O. The van der Waals surface area contributed by atoms with E-state index in [4.69, 9.17) is 0 Å². The molecule has 2 fully saturated rings. The van der Waals surface area contributed by atoms with E-state index in [0.717, 1.165) is 19.5 Å². The number of nitrogens with one attached hydrogen (secondary N) is 2. The van der Waals surface area contributed by atoms with E-state index < -0.39 is 0 Å². The third-order valence-corrected chi connectivity index (χ3v) is 4.39. The molecular weight excluding hydrogens is 212 g/mol. The molecule has 1 saturated heterocycles. The first-order valence-electron chi connectivity index (χ1n) is 7.26. The van der Waals surface area contributed by atoms with Crippen LogP contribution in [0.1, 0.15) is 51.9 Å². The Morgan fingerprint density at radius 2 is 2.06 bits per heavy atom. The van der Waals surface area contributed by atoms with Gasteiger partial charge in [0.25, 0.3) is 0 Å². The normalized spacial score (nSPS) is 27.9. The van der Waals surface area contributed by atoms with Gasteiger partial charge in [-0.1, -0.05) is 19.3 Å².